The molecule has 0 bridgehead atoms. The molecule has 0 aromatic heterocycles. The molecule has 2 saturated carbocycles. The summed E-state index contributed by atoms with van der Waals surface area (Å²) in [6.45, 7) is 2.95. The van der Waals surface area contributed by atoms with Gasteiger partial charge in [0.1, 0.15) is 0 Å². The molecular weight excluding hydrogens is 260 g/mol. The highest BCUT2D eigenvalue weighted by atomic mass is 16.2. The van der Waals surface area contributed by atoms with Gasteiger partial charge in [0.2, 0.25) is 0 Å². The molecule has 2 aliphatic carbocycles. The first-order valence-corrected chi connectivity index (χ1v) is 8.33. The number of rotatable bonds is 7. The van der Waals surface area contributed by atoms with Crippen LogP contribution in [0.15, 0.2) is 30.3 Å². The summed E-state index contributed by atoms with van der Waals surface area (Å²) in [5.74, 6) is 1.99. The van der Waals surface area contributed by atoms with E-state index in [0.717, 1.165) is 24.8 Å². The van der Waals surface area contributed by atoms with Gasteiger partial charge in [-0.1, -0.05) is 37.3 Å². The second-order valence-corrected chi connectivity index (χ2v) is 6.70. The largest absolute Gasteiger partial charge is 0.338 e. The van der Waals surface area contributed by atoms with Gasteiger partial charge in [-0.05, 0) is 55.4 Å². The van der Waals surface area contributed by atoms with Crippen LogP contribution in [0.5, 0.6) is 0 Å². The molecule has 0 saturated heterocycles. The minimum Gasteiger partial charge on any atom is -0.338 e. The van der Waals surface area contributed by atoms with Crippen molar-refractivity contribution in [3.8, 4) is 0 Å². The number of nitrogens with one attached hydrogen (secondary N) is 2. The second-order valence-electron chi connectivity index (χ2n) is 6.70. The Balaban J connectivity index is 1.37. The van der Waals surface area contributed by atoms with Crippen molar-refractivity contribution >= 4 is 6.03 Å². The molecule has 1 unspecified atom stereocenters. The standard InChI is InChI=1S/C18H26N2O/c1-13(14-5-3-2-4-6-14)11-12-19-18(21)20-17(15-7-8-15)16-9-10-16/h2-6,13,15-17H,7-12H2,1H3,(H2,19,20,21). The maximum atomic E-state index is 12.0. The molecule has 2 N–H and O–H groups in total. The fourth-order valence-corrected chi connectivity index (χ4v) is 3.08. The molecule has 3 nitrogen and oxygen atoms in total. The molecule has 0 aliphatic heterocycles. The summed E-state index contributed by atoms with van der Waals surface area (Å²) in [5.41, 5.74) is 1.34. The third-order valence-corrected chi connectivity index (χ3v) is 4.79. The van der Waals surface area contributed by atoms with Crippen LogP contribution >= 0.6 is 0 Å². The summed E-state index contributed by atoms with van der Waals surface area (Å²) in [6.07, 6.45) is 6.17. The SMILES string of the molecule is CC(CCNC(=O)NC(C1CC1)C1CC1)c1ccccc1. The van der Waals surface area contributed by atoms with Gasteiger partial charge in [-0.2, -0.15) is 0 Å². The lowest BCUT2D eigenvalue weighted by Gasteiger charge is -2.19. The van der Waals surface area contributed by atoms with E-state index in [1.807, 2.05) is 6.07 Å². The Hall–Kier alpha value is -1.51. The molecule has 3 heteroatoms. The molecule has 3 rings (SSSR count). The summed E-state index contributed by atoms with van der Waals surface area (Å²) < 4.78 is 0. The Bertz CT molecular complexity index is 453. The maximum absolute atomic E-state index is 12.0. The van der Waals surface area contributed by atoms with Crippen LogP contribution in [0.2, 0.25) is 0 Å². The van der Waals surface area contributed by atoms with Crippen molar-refractivity contribution in [1.29, 1.82) is 0 Å². The first-order chi connectivity index (χ1) is 10.2. The number of amides is 2. The monoisotopic (exact) mass is 286 g/mol. The number of hydrogen-bond acceptors (Lipinski definition) is 1. The van der Waals surface area contributed by atoms with Crippen molar-refractivity contribution in [2.75, 3.05) is 6.54 Å². The van der Waals surface area contributed by atoms with Crippen molar-refractivity contribution in [1.82, 2.24) is 10.6 Å². The average molecular weight is 286 g/mol. The quantitative estimate of drug-likeness (QED) is 0.789. The van der Waals surface area contributed by atoms with E-state index < -0.39 is 0 Å². The predicted molar refractivity (Wildman–Crippen MR) is 85.2 cm³/mol. The van der Waals surface area contributed by atoms with Gasteiger partial charge in [0.25, 0.3) is 0 Å². The highest BCUT2D eigenvalue weighted by Gasteiger charge is 2.42. The smallest absolute Gasteiger partial charge is 0.315 e. The first-order valence-electron chi connectivity index (χ1n) is 8.33. The van der Waals surface area contributed by atoms with Crippen molar-refractivity contribution in [3.05, 3.63) is 35.9 Å². The van der Waals surface area contributed by atoms with Crippen LogP contribution in [0.1, 0.15) is 50.5 Å². The molecule has 2 amide bonds. The lowest BCUT2D eigenvalue weighted by atomic mass is 9.98. The molecule has 2 aliphatic rings. The Morgan fingerprint density at radius 2 is 1.76 bits per heavy atom. The summed E-state index contributed by atoms with van der Waals surface area (Å²) in [4.78, 5) is 12.0. The summed E-state index contributed by atoms with van der Waals surface area (Å²) in [5, 5.41) is 6.23. The topological polar surface area (TPSA) is 41.1 Å². The zero-order valence-corrected chi connectivity index (χ0v) is 12.8. The molecule has 1 atom stereocenters. The second kappa shape index (κ2) is 6.50. The lowest BCUT2D eigenvalue weighted by molar-refractivity contribution is 0.233. The molecule has 21 heavy (non-hydrogen) atoms. The number of carbonyl (C=O) groups is 1. The van der Waals surface area contributed by atoms with E-state index in [4.69, 9.17) is 0 Å². The highest BCUT2D eigenvalue weighted by molar-refractivity contribution is 5.74. The van der Waals surface area contributed by atoms with E-state index in [2.05, 4.69) is 41.8 Å². The third kappa shape index (κ3) is 4.23. The van der Waals surface area contributed by atoms with Gasteiger partial charge in [-0.3, -0.25) is 0 Å². The van der Waals surface area contributed by atoms with E-state index in [1.54, 1.807) is 0 Å². The zero-order valence-electron chi connectivity index (χ0n) is 12.8. The van der Waals surface area contributed by atoms with E-state index in [9.17, 15) is 4.79 Å². The van der Waals surface area contributed by atoms with Gasteiger partial charge in [0.15, 0.2) is 0 Å². The number of hydrogen-bond donors (Lipinski definition) is 2. The van der Waals surface area contributed by atoms with Crippen LogP contribution in [0.25, 0.3) is 0 Å². The number of carbonyl (C=O) groups excluding carboxylic acids is 1. The third-order valence-electron chi connectivity index (χ3n) is 4.79. The van der Waals surface area contributed by atoms with Gasteiger partial charge in [-0.25, -0.2) is 4.79 Å². The minimum absolute atomic E-state index is 0.0269. The molecule has 114 valence electrons. The molecule has 0 radical (unpaired) electrons. The van der Waals surface area contributed by atoms with Gasteiger partial charge in [-0.15, -0.1) is 0 Å². The van der Waals surface area contributed by atoms with Crippen LogP contribution in [-0.2, 0) is 0 Å². The Morgan fingerprint density at radius 3 is 2.33 bits per heavy atom. The van der Waals surface area contributed by atoms with Crippen LogP contribution < -0.4 is 10.6 Å². The molecule has 0 spiro atoms. The minimum atomic E-state index is 0.0269. The van der Waals surface area contributed by atoms with Gasteiger partial charge >= 0.3 is 6.03 Å². The van der Waals surface area contributed by atoms with E-state index in [1.165, 1.54) is 31.2 Å². The lowest BCUT2D eigenvalue weighted by Crippen LogP contribution is -2.44. The predicted octanol–water partition coefficient (Wildman–Crippen LogP) is 3.67. The van der Waals surface area contributed by atoms with Crippen molar-refractivity contribution in [3.63, 3.8) is 0 Å². The van der Waals surface area contributed by atoms with E-state index in [-0.39, 0.29) is 6.03 Å². The van der Waals surface area contributed by atoms with Crippen LogP contribution in [0.4, 0.5) is 4.79 Å². The number of urea groups is 1. The molecular formula is C18H26N2O. The molecule has 1 aromatic carbocycles. The van der Waals surface area contributed by atoms with E-state index in [0.29, 0.717) is 12.0 Å². The average Bonchev–Trinajstić information content (AvgIpc) is 3.39. The van der Waals surface area contributed by atoms with E-state index >= 15 is 0 Å². The summed E-state index contributed by atoms with van der Waals surface area (Å²) >= 11 is 0. The van der Waals surface area contributed by atoms with Gasteiger partial charge in [0, 0.05) is 12.6 Å². The molecule has 1 aromatic rings. The van der Waals surface area contributed by atoms with Crippen molar-refractivity contribution in [2.24, 2.45) is 11.8 Å². The fraction of sp³-hybridized carbons (Fsp3) is 0.611. The molecule has 2 fully saturated rings. The summed E-state index contributed by atoms with van der Waals surface area (Å²) in [6, 6.07) is 11.0. The van der Waals surface area contributed by atoms with Crippen molar-refractivity contribution < 1.29 is 4.79 Å². The van der Waals surface area contributed by atoms with Crippen LogP contribution in [0, 0.1) is 11.8 Å². The highest BCUT2D eigenvalue weighted by Crippen LogP contribution is 2.44. The van der Waals surface area contributed by atoms with Crippen LogP contribution in [-0.4, -0.2) is 18.6 Å². The Morgan fingerprint density at radius 1 is 1.14 bits per heavy atom. The Labute approximate surface area is 127 Å². The summed E-state index contributed by atoms with van der Waals surface area (Å²) in [7, 11) is 0. The van der Waals surface area contributed by atoms with Crippen molar-refractivity contribution in [2.45, 2.75) is 51.0 Å². The Kier molecular flexibility index (Phi) is 4.47. The number of benzene rings is 1. The maximum Gasteiger partial charge on any atom is 0.315 e. The zero-order chi connectivity index (χ0) is 14.7. The van der Waals surface area contributed by atoms with Gasteiger partial charge < -0.3 is 10.6 Å². The van der Waals surface area contributed by atoms with Gasteiger partial charge in [0.05, 0.1) is 0 Å². The first kappa shape index (κ1) is 14.4. The fourth-order valence-electron chi connectivity index (χ4n) is 3.08. The van der Waals surface area contributed by atoms with Crippen LogP contribution in [0.3, 0.4) is 0 Å². The molecule has 0 heterocycles. The normalized spacial score (nSPS) is 19.3.